The van der Waals surface area contributed by atoms with Crippen molar-refractivity contribution in [1.82, 2.24) is 15.5 Å². The molecule has 1 unspecified atom stereocenters. The van der Waals surface area contributed by atoms with Crippen molar-refractivity contribution in [3.8, 4) is 0 Å². The van der Waals surface area contributed by atoms with Crippen LogP contribution in [0.5, 0.6) is 0 Å². The Morgan fingerprint density at radius 2 is 2.09 bits per heavy atom. The van der Waals surface area contributed by atoms with Gasteiger partial charge in [-0.05, 0) is 40.2 Å². The Hall–Kier alpha value is -0.850. The van der Waals surface area contributed by atoms with Crippen molar-refractivity contribution >= 4 is 6.09 Å². The van der Waals surface area contributed by atoms with Crippen LogP contribution in [-0.4, -0.2) is 69.1 Å². The summed E-state index contributed by atoms with van der Waals surface area (Å²) in [5, 5.41) is 6.93. The van der Waals surface area contributed by atoms with Crippen molar-refractivity contribution in [3.63, 3.8) is 0 Å². The SMILES string of the molecule is COCCN(CCNCC1CCCCN1)C(=O)OC(C)(C)C. The second-order valence-electron chi connectivity index (χ2n) is 6.81. The Morgan fingerprint density at radius 1 is 1.32 bits per heavy atom. The summed E-state index contributed by atoms with van der Waals surface area (Å²) in [4.78, 5) is 13.9. The van der Waals surface area contributed by atoms with Crippen molar-refractivity contribution in [2.75, 3.05) is 46.4 Å². The fraction of sp³-hybridized carbons (Fsp3) is 0.938. The molecular formula is C16H33N3O3. The lowest BCUT2D eigenvalue weighted by molar-refractivity contribution is 0.0204. The van der Waals surface area contributed by atoms with Gasteiger partial charge in [-0.2, -0.15) is 0 Å². The predicted octanol–water partition coefficient (Wildman–Crippen LogP) is 1.60. The van der Waals surface area contributed by atoms with Gasteiger partial charge < -0.3 is 25.0 Å². The van der Waals surface area contributed by atoms with Gasteiger partial charge in [0.25, 0.3) is 0 Å². The van der Waals surface area contributed by atoms with Crippen LogP contribution in [-0.2, 0) is 9.47 Å². The number of carbonyl (C=O) groups is 1. The number of rotatable bonds is 8. The second kappa shape index (κ2) is 10.0. The topological polar surface area (TPSA) is 62.8 Å². The van der Waals surface area contributed by atoms with E-state index >= 15 is 0 Å². The van der Waals surface area contributed by atoms with Crippen LogP contribution >= 0.6 is 0 Å². The molecule has 1 heterocycles. The molecule has 1 amide bonds. The normalized spacial score (nSPS) is 19.0. The summed E-state index contributed by atoms with van der Waals surface area (Å²) in [6.07, 6.45) is 3.53. The van der Waals surface area contributed by atoms with Crippen LogP contribution in [0, 0.1) is 0 Å². The molecule has 6 nitrogen and oxygen atoms in total. The van der Waals surface area contributed by atoms with Gasteiger partial charge in [-0.3, -0.25) is 0 Å². The highest BCUT2D eigenvalue weighted by molar-refractivity contribution is 5.68. The first-order valence-electron chi connectivity index (χ1n) is 8.33. The number of hydrogen-bond acceptors (Lipinski definition) is 5. The van der Waals surface area contributed by atoms with Crippen LogP contribution in [0.4, 0.5) is 4.79 Å². The number of carbonyl (C=O) groups excluding carboxylic acids is 1. The van der Waals surface area contributed by atoms with E-state index in [1.807, 2.05) is 20.8 Å². The predicted molar refractivity (Wildman–Crippen MR) is 88.2 cm³/mol. The fourth-order valence-electron chi connectivity index (χ4n) is 2.41. The smallest absolute Gasteiger partial charge is 0.410 e. The highest BCUT2D eigenvalue weighted by Gasteiger charge is 2.21. The van der Waals surface area contributed by atoms with Crippen LogP contribution in [0.3, 0.4) is 0 Å². The van der Waals surface area contributed by atoms with Crippen molar-refractivity contribution in [2.24, 2.45) is 0 Å². The highest BCUT2D eigenvalue weighted by Crippen LogP contribution is 2.10. The van der Waals surface area contributed by atoms with Crippen LogP contribution in [0.2, 0.25) is 0 Å². The minimum absolute atomic E-state index is 0.276. The van der Waals surface area contributed by atoms with E-state index in [-0.39, 0.29) is 6.09 Å². The van der Waals surface area contributed by atoms with E-state index in [0.717, 1.165) is 19.6 Å². The van der Waals surface area contributed by atoms with Crippen molar-refractivity contribution in [1.29, 1.82) is 0 Å². The summed E-state index contributed by atoms with van der Waals surface area (Å²) in [7, 11) is 1.64. The molecule has 0 aromatic carbocycles. The minimum Gasteiger partial charge on any atom is -0.444 e. The third kappa shape index (κ3) is 8.56. The van der Waals surface area contributed by atoms with E-state index in [2.05, 4.69) is 10.6 Å². The quantitative estimate of drug-likeness (QED) is 0.666. The minimum atomic E-state index is -0.470. The van der Waals surface area contributed by atoms with E-state index in [0.29, 0.717) is 25.7 Å². The van der Waals surface area contributed by atoms with E-state index in [4.69, 9.17) is 9.47 Å². The zero-order chi connectivity index (χ0) is 16.4. The Balaban J connectivity index is 2.29. The molecule has 0 bridgehead atoms. The molecule has 0 aliphatic carbocycles. The molecule has 0 aromatic rings. The molecule has 1 aliphatic heterocycles. The molecular weight excluding hydrogens is 282 g/mol. The Kier molecular flexibility index (Phi) is 8.75. The molecule has 1 fully saturated rings. The summed E-state index contributed by atoms with van der Waals surface area (Å²) in [5.74, 6) is 0. The summed E-state index contributed by atoms with van der Waals surface area (Å²) in [5.41, 5.74) is -0.470. The molecule has 0 saturated carbocycles. The van der Waals surface area contributed by atoms with Crippen LogP contribution in [0.15, 0.2) is 0 Å². The zero-order valence-electron chi connectivity index (χ0n) is 14.6. The zero-order valence-corrected chi connectivity index (χ0v) is 14.6. The summed E-state index contributed by atoms with van der Waals surface area (Å²) < 4.78 is 10.5. The maximum absolute atomic E-state index is 12.2. The Morgan fingerprint density at radius 3 is 2.68 bits per heavy atom. The van der Waals surface area contributed by atoms with Gasteiger partial charge in [0.1, 0.15) is 5.60 Å². The lowest BCUT2D eigenvalue weighted by atomic mass is 10.1. The van der Waals surface area contributed by atoms with Gasteiger partial charge in [-0.1, -0.05) is 6.42 Å². The first-order chi connectivity index (χ1) is 10.4. The van der Waals surface area contributed by atoms with Gasteiger partial charge in [-0.25, -0.2) is 4.79 Å². The molecule has 0 aromatic heterocycles. The second-order valence-corrected chi connectivity index (χ2v) is 6.81. The molecule has 0 spiro atoms. The lowest BCUT2D eigenvalue weighted by Gasteiger charge is -2.28. The van der Waals surface area contributed by atoms with Crippen molar-refractivity contribution in [3.05, 3.63) is 0 Å². The van der Waals surface area contributed by atoms with Crippen LogP contribution < -0.4 is 10.6 Å². The van der Waals surface area contributed by atoms with Gasteiger partial charge in [0.2, 0.25) is 0 Å². The lowest BCUT2D eigenvalue weighted by Crippen LogP contribution is -2.45. The first-order valence-corrected chi connectivity index (χ1v) is 8.33. The third-order valence-electron chi connectivity index (χ3n) is 3.58. The molecule has 130 valence electrons. The average molecular weight is 315 g/mol. The van der Waals surface area contributed by atoms with Gasteiger partial charge in [-0.15, -0.1) is 0 Å². The number of piperidine rings is 1. The van der Waals surface area contributed by atoms with E-state index in [1.165, 1.54) is 19.3 Å². The molecule has 0 radical (unpaired) electrons. The average Bonchev–Trinajstić information content (AvgIpc) is 2.45. The molecule has 2 N–H and O–H groups in total. The molecule has 22 heavy (non-hydrogen) atoms. The van der Waals surface area contributed by atoms with E-state index in [9.17, 15) is 4.79 Å². The van der Waals surface area contributed by atoms with Gasteiger partial charge in [0.05, 0.1) is 6.61 Å². The largest absolute Gasteiger partial charge is 0.444 e. The van der Waals surface area contributed by atoms with Gasteiger partial charge in [0.15, 0.2) is 0 Å². The number of nitrogens with zero attached hydrogens (tertiary/aromatic N) is 1. The number of hydrogen-bond donors (Lipinski definition) is 2. The molecule has 1 aliphatic rings. The highest BCUT2D eigenvalue weighted by atomic mass is 16.6. The van der Waals surface area contributed by atoms with Crippen molar-refractivity contribution < 1.29 is 14.3 Å². The summed E-state index contributed by atoms with van der Waals surface area (Å²) >= 11 is 0. The molecule has 1 atom stereocenters. The van der Waals surface area contributed by atoms with Crippen LogP contribution in [0.1, 0.15) is 40.0 Å². The Bertz CT molecular complexity index is 312. The van der Waals surface area contributed by atoms with Crippen molar-refractivity contribution in [2.45, 2.75) is 51.7 Å². The standard InChI is InChI=1S/C16H33N3O3/c1-16(2,3)22-15(20)19(11-12-21-4)10-9-17-13-14-7-5-6-8-18-14/h14,17-18H,5-13H2,1-4H3. The maximum Gasteiger partial charge on any atom is 0.410 e. The first kappa shape index (κ1) is 19.2. The maximum atomic E-state index is 12.2. The summed E-state index contributed by atoms with van der Waals surface area (Å²) in [6, 6.07) is 0.558. The number of amides is 1. The number of ether oxygens (including phenoxy) is 2. The van der Waals surface area contributed by atoms with Gasteiger partial charge in [0, 0.05) is 39.3 Å². The Labute approximate surface area is 134 Å². The number of methoxy groups -OCH3 is 1. The fourth-order valence-corrected chi connectivity index (χ4v) is 2.41. The van der Waals surface area contributed by atoms with Gasteiger partial charge >= 0.3 is 6.09 Å². The molecule has 1 rings (SSSR count). The summed E-state index contributed by atoms with van der Waals surface area (Å²) in [6.45, 7) is 10.2. The number of nitrogens with one attached hydrogen (secondary N) is 2. The van der Waals surface area contributed by atoms with Crippen LogP contribution in [0.25, 0.3) is 0 Å². The third-order valence-corrected chi connectivity index (χ3v) is 3.58. The van der Waals surface area contributed by atoms with E-state index in [1.54, 1.807) is 12.0 Å². The van der Waals surface area contributed by atoms with E-state index < -0.39 is 5.60 Å². The molecule has 1 saturated heterocycles. The molecule has 6 heteroatoms. The monoisotopic (exact) mass is 315 g/mol.